The highest BCUT2D eigenvalue weighted by molar-refractivity contribution is 7.22. The number of amides is 1. The third-order valence-electron chi connectivity index (χ3n) is 4.68. The first-order valence-corrected chi connectivity index (χ1v) is 10.5. The zero-order chi connectivity index (χ0) is 20.4. The van der Waals surface area contributed by atoms with Gasteiger partial charge < -0.3 is 9.47 Å². The second-order valence-corrected chi connectivity index (χ2v) is 8.08. The Morgan fingerprint density at radius 1 is 1.31 bits per heavy atom. The van der Waals surface area contributed by atoms with Crippen LogP contribution in [-0.4, -0.2) is 30.0 Å². The predicted octanol–water partition coefficient (Wildman–Crippen LogP) is 4.44. The Bertz CT molecular complexity index is 1070. The van der Waals surface area contributed by atoms with Crippen LogP contribution in [0.3, 0.4) is 0 Å². The van der Waals surface area contributed by atoms with Crippen LogP contribution in [0, 0.1) is 5.92 Å². The highest BCUT2D eigenvalue weighted by atomic mass is 35.5. The summed E-state index contributed by atoms with van der Waals surface area (Å²) in [6, 6.07) is 12.8. The standard InChI is InChI=1S/C21H19ClN2O4S/c1-2-27-15-7-8-17-18(10-15)29-21(23-17)24-11-14(9-19(24)25)20(26)28-12-13-5-3-4-6-16(13)22/h3-8,10,14H,2,9,11-12H2,1H3/t14-/m1/s1. The summed E-state index contributed by atoms with van der Waals surface area (Å²) >= 11 is 7.50. The van der Waals surface area contributed by atoms with Crippen LogP contribution in [0.2, 0.25) is 5.02 Å². The first-order chi connectivity index (χ1) is 14.0. The first-order valence-electron chi connectivity index (χ1n) is 9.29. The van der Waals surface area contributed by atoms with Gasteiger partial charge in [-0.15, -0.1) is 0 Å². The summed E-state index contributed by atoms with van der Waals surface area (Å²) in [5.41, 5.74) is 1.53. The quantitative estimate of drug-likeness (QED) is 0.540. The number of benzene rings is 2. The van der Waals surface area contributed by atoms with Gasteiger partial charge in [0.2, 0.25) is 5.91 Å². The lowest BCUT2D eigenvalue weighted by Crippen LogP contribution is -2.26. The highest BCUT2D eigenvalue weighted by Gasteiger charge is 2.37. The molecular formula is C21H19ClN2O4S. The van der Waals surface area contributed by atoms with Crippen molar-refractivity contribution in [3.05, 3.63) is 53.1 Å². The van der Waals surface area contributed by atoms with Crippen LogP contribution in [0.15, 0.2) is 42.5 Å². The molecule has 0 bridgehead atoms. The van der Waals surface area contributed by atoms with Gasteiger partial charge in [0.1, 0.15) is 12.4 Å². The number of hydrogen-bond donors (Lipinski definition) is 0. The van der Waals surface area contributed by atoms with E-state index in [4.69, 9.17) is 21.1 Å². The monoisotopic (exact) mass is 430 g/mol. The average molecular weight is 431 g/mol. The molecule has 1 saturated heterocycles. The number of carbonyl (C=O) groups is 2. The summed E-state index contributed by atoms with van der Waals surface area (Å²) in [6.45, 7) is 2.86. The molecule has 0 unspecified atom stereocenters. The Morgan fingerprint density at radius 2 is 2.14 bits per heavy atom. The highest BCUT2D eigenvalue weighted by Crippen LogP contribution is 2.34. The van der Waals surface area contributed by atoms with Crippen LogP contribution in [0.4, 0.5) is 5.13 Å². The molecule has 1 atom stereocenters. The molecule has 29 heavy (non-hydrogen) atoms. The van der Waals surface area contributed by atoms with Crippen molar-refractivity contribution in [2.24, 2.45) is 5.92 Å². The molecule has 1 aliphatic heterocycles. The van der Waals surface area contributed by atoms with Gasteiger partial charge in [-0.3, -0.25) is 14.5 Å². The molecular weight excluding hydrogens is 412 g/mol. The topological polar surface area (TPSA) is 68.7 Å². The maximum atomic E-state index is 12.5. The second kappa shape index (κ2) is 8.39. The molecule has 0 spiro atoms. The normalized spacial score (nSPS) is 16.4. The molecule has 2 heterocycles. The van der Waals surface area contributed by atoms with E-state index in [2.05, 4.69) is 4.98 Å². The van der Waals surface area contributed by atoms with Crippen molar-refractivity contribution in [3.63, 3.8) is 0 Å². The smallest absolute Gasteiger partial charge is 0.311 e. The van der Waals surface area contributed by atoms with Crippen molar-refractivity contribution in [2.45, 2.75) is 20.0 Å². The Morgan fingerprint density at radius 3 is 2.93 bits per heavy atom. The van der Waals surface area contributed by atoms with Crippen LogP contribution in [0.5, 0.6) is 5.75 Å². The minimum absolute atomic E-state index is 0.0878. The van der Waals surface area contributed by atoms with E-state index in [0.29, 0.717) is 16.8 Å². The first kappa shape index (κ1) is 19.7. The second-order valence-electron chi connectivity index (χ2n) is 6.66. The van der Waals surface area contributed by atoms with Gasteiger partial charge in [0.25, 0.3) is 0 Å². The summed E-state index contributed by atoms with van der Waals surface area (Å²) in [4.78, 5) is 31.1. The van der Waals surface area contributed by atoms with Crippen molar-refractivity contribution >= 4 is 50.2 Å². The number of carbonyl (C=O) groups excluding carboxylic acids is 2. The fourth-order valence-corrected chi connectivity index (χ4v) is 4.41. The lowest BCUT2D eigenvalue weighted by atomic mass is 10.1. The summed E-state index contributed by atoms with van der Waals surface area (Å²) in [5, 5.41) is 1.13. The minimum Gasteiger partial charge on any atom is -0.494 e. The molecule has 0 saturated carbocycles. The largest absolute Gasteiger partial charge is 0.494 e. The van der Waals surface area contributed by atoms with Crippen LogP contribution < -0.4 is 9.64 Å². The molecule has 1 fully saturated rings. The summed E-state index contributed by atoms with van der Waals surface area (Å²) < 4.78 is 11.8. The molecule has 4 rings (SSSR count). The molecule has 2 aromatic carbocycles. The van der Waals surface area contributed by atoms with Crippen LogP contribution in [0.25, 0.3) is 10.2 Å². The number of rotatable bonds is 6. The van der Waals surface area contributed by atoms with Crippen LogP contribution in [0.1, 0.15) is 18.9 Å². The number of thiazole rings is 1. The molecule has 150 valence electrons. The molecule has 3 aromatic rings. The molecule has 8 heteroatoms. The SMILES string of the molecule is CCOc1ccc2nc(N3C[C@H](C(=O)OCc4ccccc4Cl)CC3=O)sc2c1. The Kier molecular flexibility index (Phi) is 5.69. The van der Waals surface area contributed by atoms with Gasteiger partial charge in [-0.05, 0) is 31.2 Å². The van der Waals surface area contributed by atoms with E-state index < -0.39 is 11.9 Å². The van der Waals surface area contributed by atoms with Crippen LogP contribution in [-0.2, 0) is 20.9 Å². The van der Waals surface area contributed by atoms with E-state index in [1.807, 2.05) is 37.3 Å². The van der Waals surface area contributed by atoms with E-state index >= 15 is 0 Å². The third-order valence-corrected chi connectivity index (χ3v) is 6.09. The maximum Gasteiger partial charge on any atom is 0.311 e. The number of aromatic nitrogens is 1. The Labute approximate surface area is 177 Å². The molecule has 1 amide bonds. The molecule has 0 aliphatic carbocycles. The average Bonchev–Trinajstić information content (AvgIpc) is 3.30. The minimum atomic E-state index is -0.518. The number of fused-ring (bicyclic) bond motifs is 1. The third kappa shape index (κ3) is 4.21. The van der Waals surface area contributed by atoms with Crippen molar-refractivity contribution in [1.29, 1.82) is 0 Å². The van der Waals surface area contributed by atoms with Gasteiger partial charge in [0.15, 0.2) is 5.13 Å². The molecule has 0 N–H and O–H groups in total. The summed E-state index contributed by atoms with van der Waals surface area (Å²) in [6.07, 6.45) is 0.113. The predicted molar refractivity (Wildman–Crippen MR) is 112 cm³/mol. The van der Waals surface area contributed by atoms with Gasteiger partial charge in [-0.2, -0.15) is 0 Å². The lowest BCUT2D eigenvalue weighted by Gasteiger charge is -2.13. The molecule has 6 nitrogen and oxygen atoms in total. The van der Waals surface area contributed by atoms with Crippen molar-refractivity contribution < 1.29 is 19.1 Å². The number of ether oxygens (including phenoxy) is 2. The summed E-state index contributed by atoms with van der Waals surface area (Å²) in [7, 11) is 0. The lowest BCUT2D eigenvalue weighted by molar-refractivity contribution is -0.149. The van der Waals surface area contributed by atoms with Gasteiger partial charge in [0.05, 0.1) is 22.7 Å². The van der Waals surface area contributed by atoms with Crippen molar-refractivity contribution in [3.8, 4) is 5.75 Å². The van der Waals surface area contributed by atoms with E-state index in [9.17, 15) is 9.59 Å². The summed E-state index contributed by atoms with van der Waals surface area (Å²) in [5.74, 6) is -0.283. The van der Waals surface area contributed by atoms with Gasteiger partial charge in [0, 0.05) is 23.6 Å². The van der Waals surface area contributed by atoms with E-state index in [0.717, 1.165) is 21.5 Å². The maximum absolute atomic E-state index is 12.5. The zero-order valence-electron chi connectivity index (χ0n) is 15.8. The number of esters is 1. The number of hydrogen-bond acceptors (Lipinski definition) is 6. The van der Waals surface area contributed by atoms with Gasteiger partial charge in [-0.25, -0.2) is 4.98 Å². The molecule has 1 aliphatic rings. The zero-order valence-corrected chi connectivity index (χ0v) is 17.3. The van der Waals surface area contributed by atoms with Gasteiger partial charge in [-0.1, -0.05) is 41.1 Å². The molecule has 1 aromatic heterocycles. The van der Waals surface area contributed by atoms with E-state index in [1.54, 1.807) is 17.0 Å². The number of anilines is 1. The van der Waals surface area contributed by atoms with E-state index in [-0.39, 0.29) is 25.5 Å². The number of nitrogens with zero attached hydrogens (tertiary/aromatic N) is 2. The Balaban J connectivity index is 1.44. The van der Waals surface area contributed by atoms with Crippen molar-refractivity contribution in [1.82, 2.24) is 4.98 Å². The Hall–Kier alpha value is -2.64. The van der Waals surface area contributed by atoms with Crippen molar-refractivity contribution in [2.75, 3.05) is 18.1 Å². The fourth-order valence-electron chi connectivity index (χ4n) is 3.20. The number of halogens is 1. The van der Waals surface area contributed by atoms with E-state index in [1.165, 1.54) is 11.3 Å². The van der Waals surface area contributed by atoms with Gasteiger partial charge >= 0.3 is 5.97 Å². The fraction of sp³-hybridized carbons (Fsp3) is 0.286. The molecule has 0 radical (unpaired) electrons. The van der Waals surface area contributed by atoms with Crippen LogP contribution >= 0.6 is 22.9 Å².